The highest BCUT2D eigenvalue weighted by atomic mass is 32.2. The number of hydrogen-bond acceptors (Lipinski definition) is 6. The van der Waals surface area contributed by atoms with Crippen molar-refractivity contribution in [2.75, 3.05) is 19.6 Å². The van der Waals surface area contributed by atoms with Gasteiger partial charge in [0.15, 0.2) is 9.84 Å². The van der Waals surface area contributed by atoms with Crippen molar-refractivity contribution in [2.45, 2.75) is 29.2 Å². The summed E-state index contributed by atoms with van der Waals surface area (Å²) in [5.74, 6) is -0.102. The van der Waals surface area contributed by atoms with Crippen molar-refractivity contribution >= 4 is 25.8 Å². The summed E-state index contributed by atoms with van der Waals surface area (Å²) in [5, 5.41) is -0.620. The van der Waals surface area contributed by atoms with E-state index < -0.39 is 25.1 Å². The maximum absolute atomic E-state index is 12.3. The van der Waals surface area contributed by atoms with Crippen LogP contribution in [0.2, 0.25) is 0 Å². The summed E-state index contributed by atoms with van der Waals surface area (Å²) in [6.07, 6.45) is 1.38. The van der Waals surface area contributed by atoms with E-state index in [1.807, 2.05) is 0 Å². The fourth-order valence-corrected chi connectivity index (χ4v) is 5.64. The van der Waals surface area contributed by atoms with E-state index in [9.17, 15) is 21.6 Å². The summed E-state index contributed by atoms with van der Waals surface area (Å²) in [6.45, 7) is 1.98. The Morgan fingerprint density at radius 2 is 1.93 bits per heavy atom. The van der Waals surface area contributed by atoms with E-state index in [4.69, 9.17) is 4.42 Å². The Balaban J connectivity index is 1.45. The Kier molecular flexibility index (Phi) is 5.92. The number of hydrogen-bond donors (Lipinski definition) is 1. The van der Waals surface area contributed by atoms with E-state index in [2.05, 4.69) is 4.72 Å². The van der Waals surface area contributed by atoms with Gasteiger partial charge in [0.2, 0.25) is 15.9 Å². The normalized spacial score (nSPS) is 15.4. The minimum absolute atomic E-state index is 0.0317. The first-order valence-electron chi connectivity index (χ1n) is 8.75. The van der Waals surface area contributed by atoms with Gasteiger partial charge in [-0.1, -0.05) is 12.1 Å². The van der Waals surface area contributed by atoms with Gasteiger partial charge in [-0.3, -0.25) is 4.79 Å². The number of furan rings is 1. The van der Waals surface area contributed by atoms with Crippen LogP contribution in [0.25, 0.3) is 0 Å². The molecule has 0 atom stereocenters. The SMILES string of the molecule is Cc1cccc(S(=O)(=O)NCCC(=O)N2CC(S(=O)(=O)Cc3ccco3)C2)c1. The van der Waals surface area contributed by atoms with Gasteiger partial charge < -0.3 is 9.32 Å². The van der Waals surface area contributed by atoms with Crippen molar-refractivity contribution in [3.05, 3.63) is 54.0 Å². The minimum atomic E-state index is -3.68. The fourth-order valence-electron chi connectivity index (χ4n) is 2.90. The first-order chi connectivity index (χ1) is 13.2. The number of sulfonamides is 1. The second kappa shape index (κ2) is 8.06. The Labute approximate surface area is 164 Å². The molecular weight excluding hydrogens is 404 g/mol. The van der Waals surface area contributed by atoms with Crippen LogP contribution in [0.3, 0.4) is 0 Å². The molecule has 0 saturated carbocycles. The molecule has 1 aromatic heterocycles. The highest BCUT2D eigenvalue weighted by molar-refractivity contribution is 7.91. The lowest BCUT2D eigenvalue weighted by molar-refractivity contribution is -0.134. The second-order valence-electron chi connectivity index (χ2n) is 6.77. The van der Waals surface area contributed by atoms with Crippen LogP contribution in [0.4, 0.5) is 0 Å². The van der Waals surface area contributed by atoms with Crippen molar-refractivity contribution in [3.8, 4) is 0 Å². The number of carbonyl (C=O) groups excluding carboxylic acids is 1. The first-order valence-corrected chi connectivity index (χ1v) is 12.0. The Morgan fingerprint density at radius 3 is 2.57 bits per heavy atom. The predicted molar refractivity (Wildman–Crippen MR) is 103 cm³/mol. The summed E-state index contributed by atoms with van der Waals surface area (Å²) >= 11 is 0. The third kappa shape index (κ3) is 4.81. The van der Waals surface area contributed by atoms with E-state index in [0.29, 0.717) is 5.76 Å². The van der Waals surface area contributed by atoms with Crippen molar-refractivity contribution in [3.63, 3.8) is 0 Å². The first kappa shape index (κ1) is 20.6. The molecule has 1 fully saturated rings. The number of amides is 1. The molecule has 0 radical (unpaired) electrons. The molecule has 0 unspecified atom stereocenters. The zero-order valence-electron chi connectivity index (χ0n) is 15.4. The van der Waals surface area contributed by atoms with Gasteiger partial charge in [0.25, 0.3) is 0 Å². The second-order valence-corrected chi connectivity index (χ2v) is 10.8. The molecule has 8 nitrogen and oxygen atoms in total. The Bertz CT molecular complexity index is 1040. The number of carbonyl (C=O) groups is 1. The summed E-state index contributed by atoms with van der Waals surface area (Å²) in [4.78, 5) is 13.7. The highest BCUT2D eigenvalue weighted by Crippen LogP contribution is 2.21. The van der Waals surface area contributed by atoms with Gasteiger partial charge >= 0.3 is 0 Å². The van der Waals surface area contributed by atoms with Crippen molar-refractivity contribution in [2.24, 2.45) is 0 Å². The molecular formula is C18H22N2O6S2. The smallest absolute Gasteiger partial charge is 0.240 e. The number of nitrogens with zero attached hydrogens (tertiary/aromatic N) is 1. The van der Waals surface area contributed by atoms with Crippen LogP contribution in [0.5, 0.6) is 0 Å². The molecule has 1 amide bonds. The lowest BCUT2D eigenvalue weighted by atomic mass is 10.2. The Morgan fingerprint density at radius 1 is 1.18 bits per heavy atom. The Hall–Kier alpha value is -2.17. The molecule has 152 valence electrons. The maximum Gasteiger partial charge on any atom is 0.240 e. The number of likely N-dealkylation sites (tertiary alicyclic amines) is 1. The molecule has 0 spiro atoms. The van der Waals surface area contributed by atoms with Crippen LogP contribution < -0.4 is 4.72 Å². The van der Waals surface area contributed by atoms with E-state index in [0.717, 1.165) is 5.56 Å². The molecule has 1 aromatic carbocycles. The average molecular weight is 427 g/mol. The lowest BCUT2D eigenvalue weighted by Gasteiger charge is -2.38. The zero-order valence-corrected chi connectivity index (χ0v) is 17.0. The van der Waals surface area contributed by atoms with E-state index >= 15 is 0 Å². The quantitative estimate of drug-likeness (QED) is 0.676. The van der Waals surface area contributed by atoms with Crippen LogP contribution in [0.15, 0.2) is 52.0 Å². The monoisotopic (exact) mass is 426 g/mol. The molecule has 28 heavy (non-hydrogen) atoms. The van der Waals surface area contributed by atoms with Crippen LogP contribution in [-0.4, -0.2) is 52.5 Å². The summed E-state index contributed by atoms with van der Waals surface area (Å²) in [5.41, 5.74) is 0.821. The van der Waals surface area contributed by atoms with Crippen molar-refractivity contribution < 1.29 is 26.0 Å². The zero-order chi connectivity index (χ0) is 20.4. The fraction of sp³-hybridized carbons (Fsp3) is 0.389. The molecule has 1 saturated heterocycles. The van der Waals surface area contributed by atoms with Gasteiger partial charge in [0, 0.05) is 26.1 Å². The van der Waals surface area contributed by atoms with Crippen LogP contribution in [-0.2, 0) is 30.4 Å². The van der Waals surface area contributed by atoms with Crippen LogP contribution in [0, 0.1) is 6.92 Å². The number of rotatable bonds is 8. The molecule has 3 rings (SSSR count). The topological polar surface area (TPSA) is 114 Å². The minimum Gasteiger partial charge on any atom is -0.468 e. The van der Waals surface area contributed by atoms with Gasteiger partial charge in [-0.25, -0.2) is 21.6 Å². The van der Waals surface area contributed by atoms with Crippen LogP contribution in [0.1, 0.15) is 17.7 Å². The highest BCUT2D eigenvalue weighted by Gasteiger charge is 2.39. The third-order valence-corrected chi connectivity index (χ3v) is 8.02. The van der Waals surface area contributed by atoms with Crippen LogP contribution >= 0.6 is 0 Å². The van der Waals surface area contributed by atoms with Crippen molar-refractivity contribution in [1.29, 1.82) is 0 Å². The van der Waals surface area contributed by atoms with E-state index in [-0.39, 0.29) is 42.6 Å². The van der Waals surface area contributed by atoms with Crippen molar-refractivity contribution in [1.82, 2.24) is 9.62 Å². The van der Waals surface area contributed by atoms with Gasteiger partial charge in [0.1, 0.15) is 11.5 Å². The molecule has 2 aromatic rings. The average Bonchev–Trinajstić information content (AvgIpc) is 3.05. The third-order valence-electron chi connectivity index (χ3n) is 4.56. The standard InChI is InChI=1S/C18H22N2O6S2/c1-14-4-2-6-16(10-14)28(24,25)19-8-7-18(21)20-11-17(12-20)27(22,23)13-15-5-3-9-26-15/h2-6,9-10,17,19H,7-8,11-13H2,1H3. The maximum atomic E-state index is 12.3. The number of aryl methyl sites for hydroxylation is 1. The summed E-state index contributed by atoms with van der Waals surface area (Å²) in [7, 11) is -7.08. The van der Waals surface area contributed by atoms with Gasteiger partial charge in [0.05, 0.1) is 16.4 Å². The summed E-state index contributed by atoms with van der Waals surface area (Å²) in [6, 6.07) is 9.70. The number of nitrogens with one attached hydrogen (secondary N) is 1. The molecule has 1 N–H and O–H groups in total. The molecule has 1 aliphatic heterocycles. The molecule has 2 heterocycles. The predicted octanol–water partition coefficient (Wildman–Crippen LogP) is 1.08. The molecule has 1 aliphatic rings. The summed E-state index contributed by atoms with van der Waals surface area (Å²) < 4.78 is 56.5. The van der Waals surface area contributed by atoms with E-state index in [1.54, 1.807) is 37.3 Å². The number of sulfone groups is 1. The van der Waals surface area contributed by atoms with E-state index in [1.165, 1.54) is 17.2 Å². The molecule has 0 aliphatic carbocycles. The largest absolute Gasteiger partial charge is 0.468 e. The lowest BCUT2D eigenvalue weighted by Crippen LogP contribution is -2.57. The van der Waals surface area contributed by atoms with Gasteiger partial charge in [-0.2, -0.15) is 0 Å². The van der Waals surface area contributed by atoms with Gasteiger partial charge in [-0.15, -0.1) is 0 Å². The van der Waals surface area contributed by atoms with Gasteiger partial charge in [-0.05, 0) is 36.8 Å². The molecule has 10 heteroatoms. The number of benzene rings is 1. The molecule has 0 bridgehead atoms.